The first-order chi connectivity index (χ1) is 14.0. The number of carbonyl (C=O) groups excluding carboxylic acids is 2. The molecule has 0 bridgehead atoms. The second-order valence-electron chi connectivity index (χ2n) is 6.73. The minimum Gasteiger partial charge on any atom is -0.465 e. The van der Waals surface area contributed by atoms with Crippen LogP contribution in [-0.4, -0.2) is 33.9 Å². The number of hydrogen-bond donors (Lipinski definition) is 2. The highest BCUT2D eigenvalue weighted by molar-refractivity contribution is 7.10. The smallest absolute Gasteiger partial charge is 0.339 e. The Hall–Kier alpha value is -3.00. The molecule has 7 nitrogen and oxygen atoms in total. The number of ether oxygens (including phenoxy) is 1. The maximum Gasteiger partial charge on any atom is 0.339 e. The number of pyridine rings is 1. The van der Waals surface area contributed by atoms with Gasteiger partial charge >= 0.3 is 5.97 Å². The molecule has 3 heterocycles. The topological polar surface area (TPSA) is 97.0 Å². The van der Waals surface area contributed by atoms with Gasteiger partial charge in [-0.1, -0.05) is 13.3 Å². The van der Waals surface area contributed by atoms with Gasteiger partial charge in [-0.25, -0.2) is 9.78 Å². The summed E-state index contributed by atoms with van der Waals surface area (Å²) in [7, 11) is 1.34. The Morgan fingerprint density at radius 2 is 2.17 bits per heavy atom. The fourth-order valence-electron chi connectivity index (χ4n) is 3.21. The van der Waals surface area contributed by atoms with Crippen molar-refractivity contribution < 1.29 is 14.3 Å². The van der Waals surface area contributed by atoms with Crippen LogP contribution in [0.4, 0.5) is 0 Å². The zero-order valence-electron chi connectivity index (χ0n) is 16.9. The third kappa shape index (κ3) is 4.37. The Morgan fingerprint density at radius 3 is 2.83 bits per heavy atom. The van der Waals surface area contributed by atoms with Crippen molar-refractivity contribution in [2.75, 3.05) is 7.11 Å². The maximum atomic E-state index is 12.9. The standard InChI is InChI=1S/C21H24N4O3S/c1-5-7-15-17(21(27)28-4)12(2)23-18(15)19(26)24-13(3)20-25-16(11-29-20)14-8-6-9-22-10-14/h6,8-11,13,23H,5,7H2,1-4H3,(H,24,26). The van der Waals surface area contributed by atoms with Gasteiger partial charge in [-0.2, -0.15) is 0 Å². The summed E-state index contributed by atoms with van der Waals surface area (Å²) in [6.07, 6.45) is 4.88. The number of hydrogen-bond acceptors (Lipinski definition) is 6. The summed E-state index contributed by atoms with van der Waals surface area (Å²) in [5, 5.41) is 5.73. The van der Waals surface area contributed by atoms with Gasteiger partial charge < -0.3 is 15.0 Å². The van der Waals surface area contributed by atoms with E-state index in [9.17, 15) is 9.59 Å². The highest BCUT2D eigenvalue weighted by Crippen LogP contribution is 2.26. The minimum absolute atomic E-state index is 0.266. The molecule has 1 atom stereocenters. The van der Waals surface area contributed by atoms with Crippen LogP contribution in [0.3, 0.4) is 0 Å². The lowest BCUT2D eigenvalue weighted by atomic mass is 10.0. The van der Waals surface area contributed by atoms with Crippen molar-refractivity contribution in [3.63, 3.8) is 0 Å². The molecule has 2 N–H and O–H groups in total. The first-order valence-corrected chi connectivity index (χ1v) is 10.3. The van der Waals surface area contributed by atoms with Crippen LogP contribution >= 0.6 is 11.3 Å². The molecule has 3 rings (SSSR count). The number of esters is 1. The first kappa shape index (κ1) is 20.7. The van der Waals surface area contributed by atoms with Crippen molar-refractivity contribution >= 4 is 23.2 Å². The van der Waals surface area contributed by atoms with Crippen LogP contribution in [0.1, 0.15) is 63.4 Å². The summed E-state index contributed by atoms with van der Waals surface area (Å²) < 4.78 is 4.89. The molecule has 0 aliphatic rings. The quantitative estimate of drug-likeness (QED) is 0.570. The molecule has 1 amide bonds. The van der Waals surface area contributed by atoms with E-state index in [0.717, 1.165) is 22.7 Å². The largest absolute Gasteiger partial charge is 0.465 e. The number of nitrogens with one attached hydrogen (secondary N) is 2. The molecule has 0 radical (unpaired) electrons. The van der Waals surface area contributed by atoms with Crippen LogP contribution in [0.25, 0.3) is 11.3 Å². The molecule has 3 aromatic rings. The Balaban J connectivity index is 1.81. The van der Waals surface area contributed by atoms with E-state index in [1.807, 2.05) is 31.4 Å². The van der Waals surface area contributed by atoms with Gasteiger partial charge in [0.05, 0.1) is 24.4 Å². The number of methoxy groups -OCH3 is 1. The Bertz CT molecular complexity index is 1010. The summed E-state index contributed by atoms with van der Waals surface area (Å²) in [6, 6.07) is 3.53. The molecule has 0 fully saturated rings. The average molecular weight is 413 g/mol. The highest BCUT2D eigenvalue weighted by atomic mass is 32.1. The molecular formula is C21H24N4O3S. The van der Waals surface area contributed by atoms with Gasteiger partial charge in [0.25, 0.3) is 5.91 Å². The number of amides is 1. The molecule has 0 saturated heterocycles. The van der Waals surface area contributed by atoms with Crippen molar-refractivity contribution in [3.05, 3.63) is 57.4 Å². The Labute approximate surface area is 173 Å². The number of aryl methyl sites for hydroxylation is 1. The van der Waals surface area contributed by atoms with E-state index in [4.69, 9.17) is 4.74 Å². The Kier molecular flexibility index (Phi) is 6.43. The summed E-state index contributed by atoms with van der Waals surface area (Å²) in [4.78, 5) is 36.9. The van der Waals surface area contributed by atoms with E-state index in [2.05, 4.69) is 20.3 Å². The Morgan fingerprint density at radius 1 is 1.38 bits per heavy atom. The molecule has 152 valence electrons. The molecule has 0 spiro atoms. The molecule has 3 aromatic heterocycles. The predicted molar refractivity (Wildman–Crippen MR) is 112 cm³/mol. The molecular weight excluding hydrogens is 388 g/mol. The van der Waals surface area contributed by atoms with E-state index in [1.54, 1.807) is 19.3 Å². The van der Waals surface area contributed by atoms with Crippen molar-refractivity contribution in [2.24, 2.45) is 0 Å². The number of carbonyl (C=O) groups is 2. The predicted octanol–water partition coefficient (Wildman–Crippen LogP) is 4.07. The second-order valence-corrected chi connectivity index (χ2v) is 7.62. The van der Waals surface area contributed by atoms with Gasteiger partial charge in [0.15, 0.2) is 0 Å². The van der Waals surface area contributed by atoms with Gasteiger partial charge in [-0.15, -0.1) is 11.3 Å². The average Bonchev–Trinajstić information content (AvgIpc) is 3.34. The lowest BCUT2D eigenvalue weighted by Crippen LogP contribution is -2.28. The van der Waals surface area contributed by atoms with E-state index in [-0.39, 0.29) is 11.9 Å². The lowest BCUT2D eigenvalue weighted by Gasteiger charge is -2.12. The van der Waals surface area contributed by atoms with Gasteiger partial charge in [-0.05, 0) is 38.0 Å². The fraction of sp³-hybridized carbons (Fsp3) is 0.333. The zero-order chi connectivity index (χ0) is 21.0. The third-order valence-electron chi connectivity index (χ3n) is 4.60. The van der Waals surface area contributed by atoms with Crippen molar-refractivity contribution in [1.82, 2.24) is 20.3 Å². The molecule has 0 saturated carbocycles. The maximum absolute atomic E-state index is 12.9. The lowest BCUT2D eigenvalue weighted by molar-refractivity contribution is 0.0599. The van der Waals surface area contributed by atoms with E-state index >= 15 is 0 Å². The summed E-state index contributed by atoms with van der Waals surface area (Å²) in [5.41, 5.74) is 3.93. The van der Waals surface area contributed by atoms with Gasteiger partial charge in [-0.3, -0.25) is 9.78 Å². The van der Waals surface area contributed by atoms with Crippen molar-refractivity contribution in [1.29, 1.82) is 0 Å². The van der Waals surface area contributed by atoms with Crippen LogP contribution < -0.4 is 5.32 Å². The normalized spacial score (nSPS) is 11.9. The van der Waals surface area contributed by atoms with Crippen LogP contribution in [0, 0.1) is 6.92 Å². The monoisotopic (exact) mass is 412 g/mol. The number of nitrogens with zero attached hydrogens (tertiary/aromatic N) is 2. The number of H-pyrrole nitrogens is 1. The molecule has 0 aromatic carbocycles. The van der Waals surface area contributed by atoms with E-state index in [0.29, 0.717) is 28.9 Å². The number of rotatable bonds is 7. The SMILES string of the molecule is CCCc1c(C(=O)NC(C)c2nc(-c3cccnc3)cs2)[nH]c(C)c1C(=O)OC. The van der Waals surface area contributed by atoms with E-state index < -0.39 is 5.97 Å². The number of thiazole rings is 1. The summed E-state index contributed by atoms with van der Waals surface area (Å²) >= 11 is 1.48. The first-order valence-electron chi connectivity index (χ1n) is 9.42. The van der Waals surface area contributed by atoms with Crippen LogP contribution in [0.5, 0.6) is 0 Å². The van der Waals surface area contributed by atoms with Crippen molar-refractivity contribution in [3.8, 4) is 11.3 Å². The highest BCUT2D eigenvalue weighted by Gasteiger charge is 2.26. The molecule has 1 unspecified atom stereocenters. The minimum atomic E-state index is -0.435. The molecule has 8 heteroatoms. The van der Waals surface area contributed by atoms with Gasteiger partial charge in [0.1, 0.15) is 10.7 Å². The van der Waals surface area contributed by atoms with Crippen LogP contribution in [0.2, 0.25) is 0 Å². The van der Waals surface area contributed by atoms with E-state index in [1.165, 1.54) is 18.4 Å². The van der Waals surface area contributed by atoms with Gasteiger partial charge in [0.2, 0.25) is 0 Å². The molecule has 0 aliphatic heterocycles. The van der Waals surface area contributed by atoms with Gasteiger partial charge in [0, 0.05) is 29.0 Å². The number of aromatic amines is 1. The van der Waals surface area contributed by atoms with Crippen LogP contribution in [0.15, 0.2) is 29.9 Å². The second kappa shape index (κ2) is 9.00. The van der Waals surface area contributed by atoms with Crippen molar-refractivity contribution in [2.45, 2.75) is 39.7 Å². The molecule has 0 aliphatic carbocycles. The third-order valence-corrected chi connectivity index (χ3v) is 5.63. The number of aromatic nitrogens is 3. The molecule has 29 heavy (non-hydrogen) atoms. The van der Waals surface area contributed by atoms with Crippen LogP contribution in [-0.2, 0) is 11.2 Å². The summed E-state index contributed by atoms with van der Waals surface area (Å²) in [6.45, 7) is 5.66. The fourth-order valence-corrected chi connectivity index (χ4v) is 4.05. The summed E-state index contributed by atoms with van der Waals surface area (Å²) in [5.74, 6) is -0.701. The zero-order valence-corrected chi connectivity index (χ0v) is 17.7.